The molecule has 0 aromatic carbocycles. The lowest BCUT2D eigenvalue weighted by molar-refractivity contribution is -0.129. The summed E-state index contributed by atoms with van der Waals surface area (Å²) in [5, 5.41) is 6.56. The molecule has 2 amide bonds. The SMILES string of the molecule is Cc1cc(C(=O)N2CC(C(=O)NCc3ccncc3)C2)no1. The lowest BCUT2D eigenvalue weighted by Crippen LogP contribution is -2.55. The van der Waals surface area contributed by atoms with Crippen molar-refractivity contribution in [2.24, 2.45) is 5.92 Å². The van der Waals surface area contributed by atoms with Crippen LogP contribution in [0.3, 0.4) is 0 Å². The van der Waals surface area contributed by atoms with Crippen LogP contribution in [-0.4, -0.2) is 39.9 Å². The second-order valence-corrected chi connectivity index (χ2v) is 5.30. The molecule has 7 heteroatoms. The Labute approximate surface area is 127 Å². The molecule has 0 spiro atoms. The van der Waals surface area contributed by atoms with E-state index in [2.05, 4.69) is 15.5 Å². The van der Waals surface area contributed by atoms with E-state index in [-0.39, 0.29) is 23.4 Å². The molecule has 3 rings (SSSR count). The van der Waals surface area contributed by atoms with Gasteiger partial charge in [0.05, 0.1) is 5.92 Å². The maximum atomic E-state index is 12.1. The molecule has 114 valence electrons. The van der Waals surface area contributed by atoms with Gasteiger partial charge in [0.2, 0.25) is 5.91 Å². The first kappa shape index (κ1) is 14.2. The standard InChI is InChI=1S/C15H16N4O3/c1-10-6-13(18-22-10)15(21)19-8-12(9-19)14(20)17-7-11-2-4-16-5-3-11/h2-6,12H,7-9H2,1H3,(H,17,20). The number of hydrogen-bond acceptors (Lipinski definition) is 5. The first-order chi connectivity index (χ1) is 10.6. The largest absolute Gasteiger partial charge is 0.361 e. The number of likely N-dealkylation sites (tertiary alicyclic amines) is 1. The van der Waals surface area contributed by atoms with Crippen LogP contribution in [0.15, 0.2) is 35.1 Å². The summed E-state index contributed by atoms with van der Waals surface area (Å²) < 4.78 is 4.88. The fourth-order valence-corrected chi connectivity index (χ4v) is 2.27. The Morgan fingerprint density at radius 2 is 2.09 bits per heavy atom. The molecule has 0 atom stereocenters. The average molecular weight is 300 g/mol. The molecule has 0 bridgehead atoms. The van der Waals surface area contributed by atoms with Crippen molar-refractivity contribution in [3.8, 4) is 0 Å². The van der Waals surface area contributed by atoms with E-state index in [4.69, 9.17) is 4.52 Å². The molecule has 1 aliphatic heterocycles. The number of carbonyl (C=O) groups is 2. The third-order valence-electron chi connectivity index (χ3n) is 3.60. The van der Waals surface area contributed by atoms with Gasteiger partial charge in [0.15, 0.2) is 5.69 Å². The first-order valence-electron chi connectivity index (χ1n) is 7.02. The Kier molecular flexibility index (Phi) is 3.86. The highest BCUT2D eigenvalue weighted by Gasteiger charge is 2.36. The Balaban J connectivity index is 1.46. The van der Waals surface area contributed by atoms with E-state index in [1.165, 1.54) is 0 Å². The second-order valence-electron chi connectivity index (χ2n) is 5.30. The van der Waals surface area contributed by atoms with E-state index >= 15 is 0 Å². The lowest BCUT2D eigenvalue weighted by Gasteiger charge is -2.37. The van der Waals surface area contributed by atoms with Gasteiger partial charge in [-0.2, -0.15) is 0 Å². The molecule has 7 nitrogen and oxygen atoms in total. The Bertz CT molecular complexity index is 677. The van der Waals surface area contributed by atoms with E-state index < -0.39 is 0 Å². The number of amides is 2. The highest BCUT2D eigenvalue weighted by Crippen LogP contribution is 2.19. The molecule has 2 aromatic heterocycles. The molecule has 1 aliphatic rings. The van der Waals surface area contributed by atoms with Crippen LogP contribution in [0.25, 0.3) is 0 Å². The summed E-state index contributed by atoms with van der Waals surface area (Å²) >= 11 is 0. The molecule has 22 heavy (non-hydrogen) atoms. The lowest BCUT2D eigenvalue weighted by atomic mass is 9.98. The summed E-state index contributed by atoms with van der Waals surface area (Å²) in [6.45, 7) is 3.02. The Morgan fingerprint density at radius 1 is 1.36 bits per heavy atom. The minimum absolute atomic E-state index is 0.0443. The monoisotopic (exact) mass is 300 g/mol. The fraction of sp³-hybridized carbons (Fsp3) is 0.333. The zero-order chi connectivity index (χ0) is 15.5. The minimum Gasteiger partial charge on any atom is -0.361 e. The predicted octanol–water partition coefficient (Wildman–Crippen LogP) is 0.766. The molecule has 2 aromatic rings. The van der Waals surface area contributed by atoms with E-state index in [1.807, 2.05) is 12.1 Å². The molecule has 1 saturated heterocycles. The van der Waals surface area contributed by atoms with Crippen molar-refractivity contribution in [3.63, 3.8) is 0 Å². The molecule has 1 N–H and O–H groups in total. The van der Waals surface area contributed by atoms with Crippen LogP contribution in [0.2, 0.25) is 0 Å². The van der Waals surface area contributed by atoms with Crippen molar-refractivity contribution in [2.75, 3.05) is 13.1 Å². The number of pyridine rings is 1. The Hall–Kier alpha value is -2.70. The van der Waals surface area contributed by atoms with Gasteiger partial charge in [-0.3, -0.25) is 14.6 Å². The van der Waals surface area contributed by atoms with Crippen molar-refractivity contribution in [1.82, 2.24) is 20.4 Å². The van der Waals surface area contributed by atoms with Gasteiger partial charge in [-0.1, -0.05) is 5.16 Å². The molecule has 1 fully saturated rings. The van der Waals surface area contributed by atoms with Gasteiger partial charge in [0.25, 0.3) is 5.91 Å². The van der Waals surface area contributed by atoms with Crippen molar-refractivity contribution >= 4 is 11.8 Å². The van der Waals surface area contributed by atoms with Crippen LogP contribution >= 0.6 is 0 Å². The fourth-order valence-electron chi connectivity index (χ4n) is 2.27. The van der Waals surface area contributed by atoms with E-state index in [0.29, 0.717) is 25.4 Å². The molecule has 0 unspecified atom stereocenters. The van der Waals surface area contributed by atoms with Crippen LogP contribution in [-0.2, 0) is 11.3 Å². The van der Waals surface area contributed by atoms with Crippen LogP contribution in [0, 0.1) is 12.8 Å². The van der Waals surface area contributed by atoms with Crippen LogP contribution < -0.4 is 5.32 Å². The highest BCUT2D eigenvalue weighted by molar-refractivity contribution is 5.94. The smallest absolute Gasteiger partial charge is 0.276 e. The summed E-state index contributed by atoms with van der Waals surface area (Å²) in [5.41, 5.74) is 1.28. The van der Waals surface area contributed by atoms with Crippen LogP contribution in [0.5, 0.6) is 0 Å². The first-order valence-corrected chi connectivity index (χ1v) is 7.02. The van der Waals surface area contributed by atoms with Crippen molar-refractivity contribution in [3.05, 3.63) is 47.6 Å². The topological polar surface area (TPSA) is 88.3 Å². The summed E-state index contributed by atoms with van der Waals surface area (Å²) in [5.74, 6) is 0.182. The van der Waals surface area contributed by atoms with E-state index in [0.717, 1.165) is 5.56 Å². The predicted molar refractivity (Wildman–Crippen MR) is 76.7 cm³/mol. The number of aromatic nitrogens is 2. The number of carbonyl (C=O) groups excluding carboxylic acids is 2. The quantitative estimate of drug-likeness (QED) is 0.901. The van der Waals surface area contributed by atoms with E-state index in [1.54, 1.807) is 30.3 Å². The summed E-state index contributed by atoms with van der Waals surface area (Å²) in [6, 6.07) is 5.30. The molecular weight excluding hydrogens is 284 g/mol. The van der Waals surface area contributed by atoms with Crippen LogP contribution in [0.1, 0.15) is 21.8 Å². The summed E-state index contributed by atoms with van der Waals surface area (Å²) in [7, 11) is 0. The molecule has 0 radical (unpaired) electrons. The summed E-state index contributed by atoms with van der Waals surface area (Å²) in [4.78, 5) is 29.6. The van der Waals surface area contributed by atoms with Crippen LogP contribution in [0.4, 0.5) is 0 Å². The zero-order valence-corrected chi connectivity index (χ0v) is 12.2. The maximum absolute atomic E-state index is 12.1. The normalized spacial score (nSPS) is 14.5. The molecule has 0 saturated carbocycles. The highest BCUT2D eigenvalue weighted by atomic mass is 16.5. The van der Waals surface area contributed by atoms with Gasteiger partial charge in [0.1, 0.15) is 5.76 Å². The number of nitrogens with one attached hydrogen (secondary N) is 1. The molecule has 0 aliphatic carbocycles. The van der Waals surface area contributed by atoms with Gasteiger partial charge in [-0.05, 0) is 24.6 Å². The van der Waals surface area contributed by atoms with Crippen molar-refractivity contribution in [1.29, 1.82) is 0 Å². The second kappa shape index (κ2) is 5.97. The Morgan fingerprint density at radius 3 is 2.73 bits per heavy atom. The minimum atomic E-state index is -0.199. The van der Waals surface area contributed by atoms with Gasteiger partial charge < -0.3 is 14.7 Å². The molecular formula is C15H16N4O3. The van der Waals surface area contributed by atoms with E-state index in [9.17, 15) is 9.59 Å². The van der Waals surface area contributed by atoms with Gasteiger partial charge in [0, 0.05) is 38.1 Å². The number of nitrogens with zero attached hydrogens (tertiary/aromatic N) is 3. The van der Waals surface area contributed by atoms with Crippen molar-refractivity contribution in [2.45, 2.75) is 13.5 Å². The summed E-state index contributed by atoms with van der Waals surface area (Å²) in [6.07, 6.45) is 3.37. The van der Waals surface area contributed by atoms with Gasteiger partial charge in [-0.15, -0.1) is 0 Å². The number of rotatable bonds is 4. The average Bonchev–Trinajstić information content (AvgIpc) is 2.91. The van der Waals surface area contributed by atoms with Gasteiger partial charge in [-0.25, -0.2) is 0 Å². The third-order valence-corrected chi connectivity index (χ3v) is 3.60. The zero-order valence-electron chi connectivity index (χ0n) is 12.2. The molecule has 3 heterocycles. The van der Waals surface area contributed by atoms with Gasteiger partial charge >= 0.3 is 0 Å². The van der Waals surface area contributed by atoms with Crippen molar-refractivity contribution < 1.29 is 14.1 Å². The third kappa shape index (κ3) is 2.98. The number of aryl methyl sites for hydroxylation is 1. The number of hydrogen-bond donors (Lipinski definition) is 1. The maximum Gasteiger partial charge on any atom is 0.276 e.